The van der Waals surface area contributed by atoms with Gasteiger partial charge in [0.15, 0.2) is 5.82 Å². The highest BCUT2D eigenvalue weighted by atomic mass is 15.5. The molecule has 3 heteroatoms. The van der Waals surface area contributed by atoms with E-state index in [1.807, 2.05) is 6.20 Å². The minimum atomic E-state index is -0.129. The van der Waals surface area contributed by atoms with Crippen molar-refractivity contribution in [1.29, 1.82) is 0 Å². The fraction of sp³-hybridized carbons (Fsp3) is 0.367. The molecule has 0 aliphatic carbocycles. The van der Waals surface area contributed by atoms with Gasteiger partial charge in [0.2, 0.25) is 0 Å². The van der Waals surface area contributed by atoms with Gasteiger partial charge in [0.25, 0.3) is 0 Å². The van der Waals surface area contributed by atoms with E-state index in [-0.39, 0.29) is 17.0 Å². The summed E-state index contributed by atoms with van der Waals surface area (Å²) in [5.41, 5.74) is 6.31. The minimum Gasteiger partial charge on any atom is -0.316 e. The van der Waals surface area contributed by atoms with E-state index in [1.54, 1.807) is 0 Å². The second kappa shape index (κ2) is 8.06. The van der Waals surface area contributed by atoms with Crippen molar-refractivity contribution in [3.63, 3.8) is 0 Å². The normalized spacial score (nSPS) is 22.5. The van der Waals surface area contributed by atoms with Crippen molar-refractivity contribution in [1.82, 2.24) is 4.98 Å². The second-order valence-electron chi connectivity index (χ2n) is 9.35. The molecule has 2 atom stereocenters. The Morgan fingerprint density at radius 1 is 0.879 bits per heavy atom. The minimum absolute atomic E-state index is 0.0423. The first-order valence-corrected chi connectivity index (χ1v) is 12.5. The Kier molecular flexibility index (Phi) is 5.31. The van der Waals surface area contributed by atoms with Gasteiger partial charge in [-0.05, 0) is 61.1 Å². The first kappa shape index (κ1) is 21.8. The summed E-state index contributed by atoms with van der Waals surface area (Å²) < 4.78 is 0. The maximum Gasteiger partial charge on any atom is 0.159 e. The molecule has 5 rings (SSSR count). The Morgan fingerprint density at radius 3 is 2.21 bits per heavy atom. The lowest BCUT2D eigenvalue weighted by Gasteiger charge is -2.60. The molecule has 2 aliphatic heterocycles. The maximum atomic E-state index is 5.02. The number of anilines is 4. The van der Waals surface area contributed by atoms with Gasteiger partial charge < -0.3 is 9.80 Å². The molecule has 3 aromatic rings. The van der Waals surface area contributed by atoms with Gasteiger partial charge in [-0.2, -0.15) is 0 Å². The molecule has 0 amide bonds. The molecular weight excluding hydrogens is 402 g/mol. The Labute approximate surface area is 198 Å². The number of aromatic nitrogens is 1. The van der Waals surface area contributed by atoms with E-state index in [1.165, 1.54) is 28.2 Å². The number of hydrogen-bond donors (Lipinski definition) is 0. The van der Waals surface area contributed by atoms with Crippen molar-refractivity contribution < 1.29 is 0 Å². The van der Waals surface area contributed by atoms with Crippen LogP contribution in [0.1, 0.15) is 58.1 Å². The molecule has 3 nitrogen and oxygen atoms in total. The number of aryl methyl sites for hydroxylation is 1. The lowest BCUT2D eigenvalue weighted by atomic mass is 9.52. The molecule has 2 aromatic carbocycles. The summed E-state index contributed by atoms with van der Waals surface area (Å²) in [4.78, 5) is 10.2. The summed E-state index contributed by atoms with van der Waals surface area (Å²) in [6, 6.07) is 22.0. The maximum absolute atomic E-state index is 5.02. The van der Waals surface area contributed by atoms with E-state index in [0.29, 0.717) is 0 Å². The summed E-state index contributed by atoms with van der Waals surface area (Å²) in [5, 5.41) is 0. The van der Waals surface area contributed by atoms with E-state index < -0.39 is 0 Å². The highest BCUT2D eigenvalue weighted by molar-refractivity contribution is 5.90. The smallest absolute Gasteiger partial charge is 0.159 e. The fourth-order valence-corrected chi connectivity index (χ4v) is 6.96. The number of pyridine rings is 1. The molecule has 170 valence electrons. The summed E-state index contributed by atoms with van der Waals surface area (Å²) in [7, 11) is 0. The third kappa shape index (κ3) is 2.65. The molecule has 33 heavy (non-hydrogen) atoms. The van der Waals surface area contributed by atoms with Crippen LogP contribution < -0.4 is 9.80 Å². The highest BCUT2D eigenvalue weighted by Gasteiger charge is 2.63. The van der Waals surface area contributed by atoms with Crippen molar-refractivity contribution in [3.8, 4) is 0 Å². The van der Waals surface area contributed by atoms with E-state index >= 15 is 0 Å². The Balaban J connectivity index is 1.93. The molecule has 0 radical (unpaired) electrons. The van der Waals surface area contributed by atoms with Crippen LogP contribution in [0.25, 0.3) is 0 Å². The van der Waals surface area contributed by atoms with Crippen LogP contribution in [-0.4, -0.2) is 11.1 Å². The number of rotatable bonds is 6. The molecular formula is C30H35N3. The number of allylic oxidation sites excluding steroid dienone is 1. The fourth-order valence-electron chi connectivity index (χ4n) is 6.96. The van der Waals surface area contributed by atoms with Crippen LogP contribution in [0.15, 0.2) is 79.5 Å². The van der Waals surface area contributed by atoms with Gasteiger partial charge >= 0.3 is 0 Å². The molecule has 0 N–H and O–H groups in total. The third-order valence-corrected chi connectivity index (χ3v) is 8.56. The average Bonchev–Trinajstić information content (AvgIpc) is 3.24. The Bertz CT molecular complexity index is 1160. The van der Waals surface area contributed by atoms with Gasteiger partial charge in [-0.25, -0.2) is 4.98 Å². The van der Waals surface area contributed by atoms with Gasteiger partial charge in [-0.3, -0.25) is 0 Å². The van der Waals surface area contributed by atoms with Crippen LogP contribution in [0, 0.1) is 5.41 Å². The van der Waals surface area contributed by atoms with Gasteiger partial charge in [-0.1, -0.05) is 70.2 Å². The molecule has 2 aliphatic rings. The zero-order valence-electron chi connectivity index (χ0n) is 20.4. The number of hydrogen-bond acceptors (Lipinski definition) is 3. The zero-order valence-corrected chi connectivity index (χ0v) is 20.4. The van der Waals surface area contributed by atoms with Crippen LogP contribution >= 0.6 is 0 Å². The highest BCUT2D eigenvalue weighted by Crippen LogP contribution is 2.66. The third-order valence-electron chi connectivity index (χ3n) is 8.56. The monoisotopic (exact) mass is 437 g/mol. The number of nitrogens with zero attached hydrogens (tertiary/aromatic N) is 3. The topological polar surface area (TPSA) is 19.4 Å². The van der Waals surface area contributed by atoms with Crippen molar-refractivity contribution in [2.75, 3.05) is 9.80 Å². The summed E-state index contributed by atoms with van der Waals surface area (Å²) >= 11 is 0. The van der Waals surface area contributed by atoms with Crippen LogP contribution in [-0.2, 0) is 11.8 Å². The van der Waals surface area contributed by atoms with E-state index in [0.717, 1.165) is 31.5 Å². The number of fused-ring (bicyclic) bond motifs is 5. The summed E-state index contributed by atoms with van der Waals surface area (Å²) in [5.74, 6) is 1.08. The van der Waals surface area contributed by atoms with Crippen molar-refractivity contribution in [3.05, 3.63) is 90.6 Å². The van der Waals surface area contributed by atoms with Gasteiger partial charge in [0.1, 0.15) is 6.17 Å². The average molecular weight is 438 g/mol. The lowest BCUT2D eigenvalue weighted by molar-refractivity contribution is 0.0907. The molecule has 0 saturated heterocycles. The van der Waals surface area contributed by atoms with E-state index in [4.69, 9.17) is 4.98 Å². The first-order valence-electron chi connectivity index (χ1n) is 12.5. The van der Waals surface area contributed by atoms with Crippen LogP contribution in [0.5, 0.6) is 0 Å². The molecule has 3 heterocycles. The van der Waals surface area contributed by atoms with Crippen LogP contribution in [0.2, 0.25) is 0 Å². The van der Waals surface area contributed by atoms with Crippen molar-refractivity contribution >= 4 is 22.9 Å². The van der Waals surface area contributed by atoms with Gasteiger partial charge in [0, 0.05) is 28.4 Å². The second-order valence-corrected chi connectivity index (χ2v) is 9.35. The van der Waals surface area contributed by atoms with E-state index in [9.17, 15) is 0 Å². The van der Waals surface area contributed by atoms with Gasteiger partial charge in [-0.15, -0.1) is 6.58 Å². The van der Waals surface area contributed by atoms with Crippen LogP contribution in [0.4, 0.5) is 22.9 Å². The Morgan fingerprint density at radius 2 is 1.58 bits per heavy atom. The predicted octanol–water partition coefficient (Wildman–Crippen LogP) is 7.91. The molecule has 1 aromatic heterocycles. The predicted molar refractivity (Wildman–Crippen MR) is 140 cm³/mol. The van der Waals surface area contributed by atoms with Gasteiger partial charge in [0.05, 0.1) is 5.69 Å². The van der Waals surface area contributed by atoms with Crippen molar-refractivity contribution in [2.45, 2.75) is 65.0 Å². The zero-order chi connectivity index (χ0) is 23.2. The standard InChI is InChI=1S/C30H35N3/c1-6-22-20-21-31-27-26(22)32(23-16-12-11-13-17-23)28-30(9-4,10-5)29(7-2,8-3)24-18-14-15-19-25(24)33(27)28/h7,11-21,28H,2,6,8-10H2,1,3-5H3. The van der Waals surface area contributed by atoms with Crippen LogP contribution in [0.3, 0.4) is 0 Å². The molecule has 0 spiro atoms. The summed E-state index contributed by atoms with van der Waals surface area (Å²) in [6.45, 7) is 13.8. The SMILES string of the molecule is C=CC1(CC)c2ccccc2N2c3nccc(CC)c3N(c3ccccc3)C2C1(CC)CC. The quantitative estimate of drug-likeness (QED) is 0.365. The Hall–Kier alpha value is -3.07. The first-order chi connectivity index (χ1) is 16.1. The van der Waals surface area contributed by atoms with E-state index in [2.05, 4.69) is 111 Å². The molecule has 0 saturated carbocycles. The lowest BCUT2D eigenvalue weighted by Crippen LogP contribution is -2.63. The van der Waals surface area contributed by atoms with Crippen molar-refractivity contribution in [2.24, 2.45) is 5.41 Å². The number of benzene rings is 2. The molecule has 0 fully saturated rings. The number of para-hydroxylation sites is 2. The molecule has 2 unspecified atom stereocenters. The summed E-state index contributed by atoms with van der Waals surface area (Å²) in [6.07, 6.45) is 8.47. The molecule has 0 bridgehead atoms. The largest absolute Gasteiger partial charge is 0.316 e.